The average molecular weight is 400 g/mol. The smallest absolute Gasteiger partial charge is 0.355 e. The first kappa shape index (κ1) is 19.4. The molecule has 8 heteroatoms. The Morgan fingerprint density at radius 3 is 2.55 bits per heavy atom. The van der Waals surface area contributed by atoms with Crippen LogP contribution >= 0.6 is 0 Å². The molecule has 1 aromatic rings. The molecule has 1 amide bonds. The van der Waals surface area contributed by atoms with Crippen LogP contribution < -0.4 is 9.80 Å². The van der Waals surface area contributed by atoms with Crippen molar-refractivity contribution in [3.8, 4) is 0 Å². The predicted molar refractivity (Wildman–Crippen MR) is 104 cm³/mol. The van der Waals surface area contributed by atoms with Crippen molar-refractivity contribution in [1.29, 1.82) is 0 Å². The number of hydrogen-bond acceptors (Lipinski definition) is 7. The highest BCUT2D eigenvalue weighted by Gasteiger charge is 2.36. The monoisotopic (exact) mass is 400 g/mol. The Morgan fingerprint density at radius 2 is 1.86 bits per heavy atom. The van der Waals surface area contributed by atoms with Crippen molar-refractivity contribution in [2.75, 3.05) is 43.9 Å². The first-order chi connectivity index (χ1) is 14.0. The molecule has 0 radical (unpaired) electrons. The summed E-state index contributed by atoms with van der Waals surface area (Å²) in [5, 5.41) is 0. The fourth-order valence-electron chi connectivity index (χ4n) is 3.88. The molecule has 1 saturated carbocycles. The summed E-state index contributed by atoms with van der Waals surface area (Å²) in [6.45, 7) is 0.810. The van der Waals surface area contributed by atoms with Gasteiger partial charge in [-0.3, -0.25) is 4.79 Å². The Bertz CT molecular complexity index is 889. The highest BCUT2D eigenvalue weighted by Crippen LogP contribution is 2.38. The molecule has 0 N–H and O–H groups in total. The maximum absolute atomic E-state index is 12.6. The van der Waals surface area contributed by atoms with Gasteiger partial charge in [0.15, 0.2) is 0 Å². The second-order valence-electron chi connectivity index (χ2n) is 7.40. The fraction of sp³-hybridized carbons (Fsp3) is 0.476. The van der Waals surface area contributed by atoms with Crippen LogP contribution in [0.5, 0.6) is 0 Å². The van der Waals surface area contributed by atoms with Crippen LogP contribution in [0.25, 0.3) is 0 Å². The van der Waals surface area contributed by atoms with Crippen LogP contribution in [-0.4, -0.2) is 51.9 Å². The molecule has 3 aliphatic rings. The van der Waals surface area contributed by atoms with Crippen molar-refractivity contribution in [3.63, 3.8) is 0 Å². The van der Waals surface area contributed by atoms with Crippen LogP contribution in [0.3, 0.4) is 0 Å². The van der Waals surface area contributed by atoms with Crippen LogP contribution in [0.2, 0.25) is 0 Å². The largest absolute Gasteiger partial charge is 0.466 e. The molecule has 8 nitrogen and oxygen atoms in total. The van der Waals surface area contributed by atoms with Gasteiger partial charge in [-0.15, -0.1) is 0 Å². The third kappa shape index (κ3) is 3.60. The molecule has 2 heterocycles. The Hall–Kier alpha value is -2.87. The van der Waals surface area contributed by atoms with Crippen molar-refractivity contribution >= 4 is 29.2 Å². The van der Waals surface area contributed by atoms with E-state index in [-0.39, 0.29) is 36.4 Å². The number of esters is 2. The molecular formula is C21H24N2O6. The first-order valence-corrected chi connectivity index (χ1v) is 9.74. The fourth-order valence-corrected chi connectivity index (χ4v) is 3.88. The highest BCUT2D eigenvalue weighted by molar-refractivity contribution is 6.03. The van der Waals surface area contributed by atoms with E-state index in [0.29, 0.717) is 5.69 Å². The van der Waals surface area contributed by atoms with Crippen LogP contribution in [0.15, 0.2) is 29.5 Å². The summed E-state index contributed by atoms with van der Waals surface area (Å²) >= 11 is 0. The lowest BCUT2D eigenvalue weighted by atomic mass is 9.99. The minimum absolute atomic E-state index is 0.0256. The molecule has 1 fully saturated rings. The molecule has 0 aromatic heterocycles. The third-order valence-electron chi connectivity index (χ3n) is 5.52. The minimum Gasteiger partial charge on any atom is -0.466 e. The number of aryl methyl sites for hydroxylation is 1. The van der Waals surface area contributed by atoms with Gasteiger partial charge in [0.25, 0.3) is 0 Å². The van der Waals surface area contributed by atoms with Crippen molar-refractivity contribution < 1.29 is 28.6 Å². The summed E-state index contributed by atoms with van der Waals surface area (Å²) in [4.78, 5) is 40.7. The second kappa shape index (κ2) is 7.87. The summed E-state index contributed by atoms with van der Waals surface area (Å²) < 4.78 is 15.2. The molecule has 4 rings (SSSR count). The molecule has 154 valence electrons. The average Bonchev–Trinajstić information content (AvgIpc) is 3.61. The van der Waals surface area contributed by atoms with Gasteiger partial charge < -0.3 is 24.0 Å². The number of fused-ring (bicyclic) bond motifs is 1. The SMILES string of the molecule is COC(=O)C1=C(C(=O)OC)N(c2ccc3c(c2)CCCN3C(=O)C2CC2)COC1. The maximum Gasteiger partial charge on any atom is 0.355 e. The molecule has 1 aliphatic carbocycles. The summed E-state index contributed by atoms with van der Waals surface area (Å²) in [7, 11) is 2.53. The van der Waals surface area contributed by atoms with Crippen molar-refractivity contribution in [3.05, 3.63) is 35.0 Å². The maximum atomic E-state index is 12.6. The number of carbonyl (C=O) groups excluding carboxylic acids is 3. The van der Waals surface area contributed by atoms with Gasteiger partial charge >= 0.3 is 11.9 Å². The molecule has 2 aliphatic heterocycles. The van der Waals surface area contributed by atoms with E-state index in [9.17, 15) is 14.4 Å². The van der Waals surface area contributed by atoms with E-state index >= 15 is 0 Å². The van der Waals surface area contributed by atoms with Gasteiger partial charge in [0.2, 0.25) is 5.91 Å². The lowest BCUT2D eigenvalue weighted by molar-refractivity contribution is -0.140. The van der Waals surface area contributed by atoms with E-state index in [0.717, 1.165) is 43.5 Å². The van der Waals surface area contributed by atoms with E-state index in [1.807, 2.05) is 23.1 Å². The van der Waals surface area contributed by atoms with Gasteiger partial charge in [0.05, 0.1) is 26.4 Å². The van der Waals surface area contributed by atoms with Gasteiger partial charge in [-0.1, -0.05) is 0 Å². The number of nitrogens with zero attached hydrogens (tertiary/aromatic N) is 2. The summed E-state index contributed by atoms with van der Waals surface area (Å²) in [5.41, 5.74) is 2.90. The molecule has 0 bridgehead atoms. The van der Waals surface area contributed by atoms with E-state index in [2.05, 4.69) is 0 Å². The zero-order valence-electron chi connectivity index (χ0n) is 16.6. The van der Waals surface area contributed by atoms with Crippen LogP contribution in [0.1, 0.15) is 24.8 Å². The molecule has 29 heavy (non-hydrogen) atoms. The van der Waals surface area contributed by atoms with Gasteiger partial charge in [0, 0.05) is 23.8 Å². The zero-order chi connectivity index (χ0) is 20.5. The van der Waals surface area contributed by atoms with Gasteiger partial charge in [-0.25, -0.2) is 9.59 Å². The van der Waals surface area contributed by atoms with Crippen molar-refractivity contribution in [2.45, 2.75) is 25.7 Å². The number of methoxy groups -OCH3 is 2. The molecule has 0 spiro atoms. The number of rotatable bonds is 4. The molecule has 0 saturated heterocycles. The van der Waals surface area contributed by atoms with Gasteiger partial charge in [0.1, 0.15) is 12.4 Å². The number of hydrogen-bond donors (Lipinski definition) is 0. The minimum atomic E-state index is -0.630. The lowest BCUT2D eigenvalue weighted by Crippen LogP contribution is -2.39. The van der Waals surface area contributed by atoms with Crippen molar-refractivity contribution in [2.24, 2.45) is 5.92 Å². The summed E-state index contributed by atoms with van der Waals surface area (Å²) in [5.74, 6) is -0.901. The van der Waals surface area contributed by atoms with E-state index in [4.69, 9.17) is 14.2 Å². The summed E-state index contributed by atoms with van der Waals surface area (Å²) in [6, 6.07) is 5.70. The second-order valence-corrected chi connectivity index (χ2v) is 7.40. The van der Waals surface area contributed by atoms with E-state index < -0.39 is 11.9 Å². The van der Waals surface area contributed by atoms with E-state index in [1.54, 1.807) is 4.90 Å². The Labute approximate surface area is 169 Å². The number of benzene rings is 1. The highest BCUT2D eigenvalue weighted by atomic mass is 16.5. The Morgan fingerprint density at radius 1 is 1.10 bits per heavy atom. The molecular weight excluding hydrogens is 376 g/mol. The number of anilines is 2. The molecule has 0 atom stereocenters. The third-order valence-corrected chi connectivity index (χ3v) is 5.52. The van der Waals surface area contributed by atoms with Crippen LogP contribution in [0, 0.1) is 5.92 Å². The van der Waals surface area contributed by atoms with Crippen LogP contribution in [0.4, 0.5) is 11.4 Å². The van der Waals surface area contributed by atoms with Crippen molar-refractivity contribution in [1.82, 2.24) is 0 Å². The molecule has 0 unspecified atom stereocenters. The van der Waals surface area contributed by atoms with Gasteiger partial charge in [-0.2, -0.15) is 0 Å². The number of ether oxygens (including phenoxy) is 3. The number of carbonyl (C=O) groups is 3. The zero-order valence-corrected chi connectivity index (χ0v) is 16.6. The van der Waals surface area contributed by atoms with Gasteiger partial charge in [-0.05, 0) is 49.4 Å². The lowest BCUT2D eigenvalue weighted by Gasteiger charge is -2.34. The normalized spacial score (nSPS) is 19.0. The summed E-state index contributed by atoms with van der Waals surface area (Å²) in [6.07, 6.45) is 3.67. The Balaban J connectivity index is 1.71. The number of amides is 1. The van der Waals surface area contributed by atoms with E-state index in [1.165, 1.54) is 14.2 Å². The topological polar surface area (TPSA) is 85.4 Å². The molecule has 1 aromatic carbocycles. The Kier molecular flexibility index (Phi) is 5.27. The standard InChI is InChI=1S/C21H24N2O6/c1-27-20(25)16-11-29-12-23(18(16)21(26)28-2)15-7-8-17-14(10-15)4-3-9-22(17)19(24)13-5-6-13/h7-8,10,13H,3-6,9,11-12H2,1-2H3. The first-order valence-electron chi connectivity index (χ1n) is 9.74. The predicted octanol–water partition coefficient (Wildman–Crippen LogP) is 1.77. The van der Waals surface area contributed by atoms with Crippen LogP contribution in [-0.2, 0) is 35.0 Å². The quantitative estimate of drug-likeness (QED) is 0.712.